The third-order valence-corrected chi connectivity index (χ3v) is 13.0. The van der Waals surface area contributed by atoms with Crippen LogP contribution in [0, 0.1) is 27.7 Å². The molecule has 1 N–H and O–H groups in total. The molecule has 0 amide bonds. The Labute approximate surface area is 329 Å². The van der Waals surface area contributed by atoms with Crippen molar-refractivity contribution in [1.29, 1.82) is 0 Å². The largest absolute Gasteiger partial charge is 0.458 e. The zero-order valence-electron chi connectivity index (χ0n) is 31.7. The van der Waals surface area contributed by atoms with Crippen LogP contribution in [0.5, 0.6) is 11.5 Å². The van der Waals surface area contributed by atoms with E-state index in [-0.39, 0.29) is 13.4 Å². The third kappa shape index (κ3) is 4.83. The Bertz CT molecular complexity index is 2770. The maximum absolute atomic E-state index is 6.91. The van der Waals surface area contributed by atoms with Crippen molar-refractivity contribution in [2.45, 2.75) is 27.7 Å². The van der Waals surface area contributed by atoms with Gasteiger partial charge in [-0.15, -0.1) is 0 Å². The van der Waals surface area contributed by atoms with Crippen LogP contribution in [0.4, 0.5) is 39.8 Å². The van der Waals surface area contributed by atoms with E-state index in [0.29, 0.717) is 0 Å². The van der Waals surface area contributed by atoms with E-state index in [1.165, 1.54) is 106 Å². The van der Waals surface area contributed by atoms with Gasteiger partial charge in [0.05, 0.1) is 5.69 Å². The lowest BCUT2D eigenvalue weighted by atomic mass is 9.30. The Morgan fingerprint density at radius 1 is 0.545 bits per heavy atom. The second kappa shape index (κ2) is 12.1. The fourth-order valence-electron chi connectivity index (χ4n) is 9.77. The summed E-state index contributed by atoms with van der Waals surface area (Å²) in [4.78, 5) is 2.45. The Kier molecular flexibility index (Phi) is 7.22. The van der Waals surface area contributed by atoms with Crippen molar-refractivity contribution in [2.75, 3.05) is 20.8 Å². The van der Waals surface area contributed by atoms with Crippen molar-refractivity contribution in [3.05, 3.63) is 150 Å². The van der Waals surface area contributed by atoms with Gasteiger partial charge in [-0.2, -0.15) is 0 Å². The van der Waals surface area contributed by atoms with Crippen molar-refractivity contribution in [3.63, 3.8) is 0 Å². The Hall–Kier alpha value is -5.72. The summed E-state index contributed by atoms with van der Waals surface area (Å²) in [6, 6.07) is 47.6. The highest BCUT2D eigenvalue weighted by atomic mass is 32.2. The van der Waals surface area contributed by atoms with Crippen molar-refractivity contribution in [2.24, 2.45) is 0 Å². The number of fused-ring (bicyclic) bond motifs is 8. The molecular formula is C47H38B3N3OS. The number of aryl methyl sites for hydroxylation is 4. The highest BCUT2D eigenvalue weighted by molar-refractivity contribution is 8.00. The van der Waals surface area contributed by atoms with Gasteiger partial charge in [0.25, 0.3) is 13.4 Å². The molecule has 0 fully saturated rings. The fourth-order valence-corrected chi connectivity index (χ4v) is 10.5. The lowest BCUT2D eigenvalue weighted by Gasteiger charge is -2.43. The number of hydrogen-bond donors (Lipinski definition) is 1. The average molecular weight is 725 g/mol. The minimum Gasteiger partial charge on any atom is -0.458 e. The first-order valence-corrected chi connectivity index (χ1v) is 20.4. The topological polar surface area (TPSA) is 27.7 Å². The van der Waals surface area contributed by atoms with Crippen LogP contribution >= 0.6 is 11.9 Å². The molecule has 0 saturated carbocycles. The molecule has 0 aromatic heterocycles. The number of nitrogens with one attached hydrogen (secondary N) is 1. The standard InChI is InChI=1S/C47H38B3N3OS/c1-27-19-39-46-42(20-27)52(31-14-7-6-8-15-31)40-18-12-11-17-34(40)49(46)35-25-36-41(26-38(35)51-39)53(55-5)43-21-28(2)22-45-47(43)50(36)37-24-33(30(4)23-44(37)54-45)48-32-16-10-9-13-29(32)3/h6-26,48,51H,1-5H3. The lowest BCUT2D eigenvalue weighted by molar-refractivity contribution is 0.487. The fraction of sp³-hybridized carbons (Fsp3) is 0.106. The molecule has 0 atom stereocenters. The smallest absolute Gasteiger partial charge is 0.256 e. The van der Waals surface area contributed by atoms with Gasteiger partial charge in [-0.3, -0.25) is 4.31 Å². The van der Waals surface area contributed by atoms with Gasteiger partial charge in [0, 0.05) is 40.4 Å². The number of hydrogen-bond acceptors (Lipinski definition) is 5. The van der Waals surface area contributed by atoms with Crippen molar-refractivity contribution in [1.82, 2.24) is 0 Å². The van der Waals surface area contributed by atoms with Crippen LogP contribution in [0.25, 0.3) is 0 Å². The summed E-state index contributed by atoms with van der Waals surface area (Å²) in [6.07, 6.45) is 2.19. The van der Waals surface area contributed by atoms with E-state index in [4.69, 9.17) is 4.74 Å². The predicted molar refractivity (Wildman–Crippen MR) is 241 cm³/mol. The monoisotopic (exact) mass is 725 g/mol. The van der Waals surface area contributed by atoms with Gasteiger partial charge < -0.3 is 15.0 Å². The first-order valence-electron chi connectivity index (χ1n) is 19.2. The van der Waals surface area contributed by atoms with Gasteiger partial charge in [-0.05, 0) is 138 Å². The van der Waals surface area contributed by atoms with Crippen molar-refractivity contribution < 1.29 is 4.74 Å². The zero-order valence-corrected chi connectivity index (χ0v) is 32.5. The highest BCUT2D eigenvalue weighted by Gasteiger charge is 2.46. The quantitative estimate of drug-likeness (QED) is 0.177. The molecule has 55 heavy (non-hydrogen) atoms. The molecule has 4 aliphatic heterocycles. The Morgan fingerprint density at radius 3 is 2.13 bits per heavy atom. The number of ether oxygens (including phenoxy) is 1. The van der Waals surface area contributed by atoms with E-state index in [2.05, 4.69) is 176 Å². The molecule has 0 saturated heterocycles. The van der Waals surface area contributed by atoms with E-state index in [1.807, 2.05) is 0 Å². The second-order valence-electron chi connectivity index (χ2n) is 15.7. The van der Waals surface area contributed by atoms with Gasteiger partial charge in [0.15, 0.2) is 7.28 Å². The third-order valence-electron chi connectivity index (χ3n) is 12.2. The molecule has 7 aromatic carbocycles. The molecule has 0 spiro atoms. The number of para-hydroxylation sites is 2. The number of nitrogens with zero attached hydrogens (tertiary/aromatic N) is 2. The Balaban J connectivity index is 1.15. The number of benzene rings is 7. The first-order chi connectivity index (χ1) is 26.9. The van der Waals surface area contributed by atoms with Crippen LogP contribution < -0.4 is 63.0 Å². The molecule has 0 aliphatic carbocycles. The number of anilines is 7. The van der Waals surface area contributed by atoms with Gasteiger partial charge >= 0.3 is 0 Å². The van der Waals surface area contributed by atoms with Gasteiger partial charge in [0.2, 0.25) is 0 Å². The number of rotatable bonds is 4. The van der Waals surface area contributed by atoms with E-state index in [9.17, 15) is 0 Å². The molecule has 262 valence electrons. The molecule has 4 aliphatic rings. The molecule has 4 nitrogen and oxygen atoms in total. The lowest BCUT2D eigenvalue weighted by Crippen LogP contribution is -2.64. The van der Waals surface area contributed by atoms with E-state index >= 15 is 0 Å². The Morgan fingerprint density at radius 2 is 1.29 bits per heavy atom. The minimum atomic E-state index is 0.0211. The molecule has 0 unspecified atom stereocenters. The van der Waals surface area contributed by atoms with Crippen LogP contribution in [0.15, 0.2) is 127 Å². The van der Waals surface area contributed by atoms with E-state index < -0.39 is 0 Å². The van der Waals surface area contributed by atoms with Crippen LogP contribution in [0.2, 0.25) is 0 Å². The summed E-state index contributed by atoms with van der Waals surface area (Å²) in [5.74, 6) is 1.92. The van der Waals surface area contributed by atoms with Crippen molar-refractivity contribution >= 4 is 116 Å². The molecule has 8 heteroatoms. The maximum atomic E-state index is 6.91. The summed E-state index contributed by atoms with van der Waals surface area (Å²) >= 11 is 1.76. The van der Waals surface area contributed by atoms with E-state index in [1.54, 1.807) is 11.9 Å². The van der Waals surface area contributed by atoms with Crippen LogP contribution in [0.1, 0.15) is 22.3 Å². The summed E-state index contributed by atoms with van der Waals surface area (Å²) in [6.45, 7) is 8.93. The van der Waals surface area contributed by atoms with Crippen LogP contribution in [0.3, 0.4) is 0 Å². The van der Waals surface area contributed by atoms with Crippen molar-refractivity contribution in [3.8, 4) is 11.5 Å². The summed E-state index contributed by atoms with van der Waals surface area (Å²) in [5, 5.41) is 3.99. The van der Waals surface area contributed by atoms with Gasteiger partial charge in [0.1, 0.15) is 11.5 Å². The van der Waals surface area contributed by atoms with Gasteiger partial charge in [-0.25, -0.2) is 0 Å². The molecule has 0 radical (unpaired) electrons. The highest BCUT2D eigenvalue weighted by Crippen LogP contribution is 2.43. The maximum Gasteiger partial charge on any atom is 0.256 e. The van der Waals surface area contributed by atoms with Crippen LogP contribution in [-0.4, -0.2) is 27.0 Å². The molecular weight excluding hydrogens is 687 g/mol. The zero-order chi connectivity index (χ0) is 37.1. The molecule has 11 rings (SSSR count). The molecule has 4 heterocycles. The average Bonchev–Trinajstić information content (AvgIpc) is 3.18. The first kappa shape index (κ1) is 32.7. The predicted octanol–water partition coefficient (Wildman–Crippen LogP) is 6.02. The summed E-state index contributed by atoms with van der Waals surface area (Å²) in [7, 11) is 0.889. The normalized spacial score (nSPS) is 13.8. The summed E-state index contributed by atoms with van der Waals surface area (Å²) < 4.78 is 9.34. The van der Waals surface area contributed by atoms with Gasteiger partial charge in [-0.1, -0.05) is 94.8 Å². The molecule has 0 bridgehead atoms. The SMILES string of the molecule is CSN1c2cc3c(cc2B2c4cc(Bc5ccccc5C)c(C)cc4Oc4cc(C)cc1c42)B1c2ccccc2N(c2ccccc2)c2cc(C)cc(c21)N3. The summed E-state index contributed by atoms with van der Waals surface area (Å²) in [5.41, 5.74) is 23.9. The van der Waals surface area contributed by atoms with E-state index in [0.717, 1.165) is 18.8 Å². The minimum absolute atomic E-state index is 0.0211. The van der Waals surface area contributed by atoms with Crippen LogP contribution in [-0.2, 0) is 0 Å². The molecule has 7 aromatic rings. The second-order valence-corrected chi connectivity index (χ2v) is 16.4.